The highest BCUT2D eigenvalue weighted by Gasteiger charge is 2.33. The Morgan fingerprint density at radius 2 is 1.89 bits per heavy atom. The van der Waals surface area contributed by atoms with Gasteiger partial charge in [0.15, 0.2) is 11.5 Å². The van der Waals surface area contributed by atoms with E-state index in [1.54, 1.807) is 18.2 Å². The van der Waals surface area contributed by atoms with Crippen molar-refractivity contribution in [2.24, 2.45) is 0 Å². The molecule has 0 fully saturated rings. The molecule has 1 N–H and O–H groups in total. The minimum atomic E-state index is -0.747. The Hall–Kier alpha value is -3.42. The lowest BCUT2D eigenvalue weighted by Gasteiger charge is -2.16. The molecule has 0 radical (unpaired) electrons. The summed E-state index contributed by atoms with van der Waals surface area (Å²) in [5.74, 6) is -1.59. The Morgan fingerprint density at radius 3 is 2.63 bits per heavy atom. The Morgan fingerprint density at radius 1 is 1.15 bits per heavy atom. The molecule has 0 unspecified atom stereocenters. The van der Waals surface area contributed by atoms with Crippen LogP contribution in [0, 0.1) is 18.6 Å². The van der Waals surface area contributed by atoms with Gasteiger partial charge in [0.25, 0.3) is 11.8 Å². The molecule has 2 aliphatic heterocycles. The highest BCUT2D eigenvalue weighted by Crippen LogP contribution is 2.36. The number of carbonyl (C=O) groups is 2. The van der Waals surface area contributed by atoms with Crippen LogP contribution in [0.5, 0.6) is 11.5 Å². The van der Waals surface area contributed by atoms with Gasteiger partial charge < -0.3 is 14.8 Å². The number of nitrogens with zero attached hydrogens (tertiary/aromatic N) is 1. The van der Waals surface area contributed by atoms with Gasteiger partial charge in [-0.25, -0.2) is 8.78 Å². The smallest absolute Gasteiger partial charge is 0.277 e. The van der Waals surface area contributed by atoms with E-state index in [-0.39, 0.29) is 30.3 Å². The van der Waals surface area contributed by atoms with Crippen molar-refractivity contribution in [3.05, 3.63) is 64.9 Å². The second-order valence-corrected chi connectivity index (χ2v) is 6.13. The fourth-order valence-corrected chi connectivity index (χ4v) is 2.91. The highest BCUT2D eigenvalue weighted by molar-refractivity contribution is 6.17. The number of ether oxygens (including phenoxy) is 2. The zero-order chi connectivity index (χ0) is 19.1. The van der Waals surface area contributed by atoms with Crippen molar-refractivity contribution in [2.75, 3.05) is 12.1 Å². The first-order chi connectivity index (χ1) is 12.9. The number of benzene rings is 2. The number of imide groups is 1. The summed E-state index contributed by atoms with van der Waals surface area (Å²) in [4.78, 5) is 25.8. The lowest BCUT2D eigenvalue weighted by molar-refractivity contribution is -0.137. The number of para-hydroxylation sites is 1. The zero-order valence-corrected chi connectivity index (χ0v) is 14.2. The van der Waals surface area contributed by atoms with E-state index in [9.17, 15) is 18.4 Å². The summed E-state index contributed by atoms with van der Waals surface area (Å²) in [5.41, 5.74) is 0.480. The third-order valence-electron chi connectivity index (χ3n) is 4.38. The van der Waals surface area contributed by atoms with E-state index in [2.05, 4.69) is 5.32 Å². The van der Waals surface area contributed by atoms with Crippen LogP contribution in [-0.2, 0) is 16.1 Å². The number of halogens is 2. The van der Waals surface area contributed by atoms with Crippen molar-refractivity contribution >= 4 is 17.5 Å². The molecule has 2 heterocycles. The van der Waals surface area contributed by atoms with Crippen molar-refractivity contribution < 1.29 is 27.8 Å². The van der Waals surface area contributed by atoms with Crippen LogP contribution in [0.1, 0.15) is 11.1 Å². The predicted octanol–water partition coefficient (Wildman–Crippen LogP) is 2.87. The first-order valence-electron chi connectivity index (χ1n) is 8.11. The molecule has 0 aliphatic carbocycles. The van der Waals surface area contributed by atoms with E-state index in [1.165, 1.54) is 6.92 Å². The maximum atomic E-state index is 13.7. The van der Waals surface area contributed by atoms with E-state index in [4.69, 9.17) is 9.47 Å². The Kier molecular flexibility index (Phi) is 4.02. The van der Waals surface area contributed by atoms with Crippen LogP contribution in [0.15, 0.2) is 42.1 Å². The molecule has 2 amide bonds. The van der Waals surface area contributed by atoms with Crippen LogP contribution in [0.2, 0.25) is 0 Å². The minimum Gasteiger partial charge on any atom is -0.454 e. The van der Waals surface area contributed by atoms with Crippen LogP contribution in [0.4, 0.5) is 14.5 Å². The van der Waals surface area contributed by atoms with Crippen molar-refractivity contribution in [3.8, 4) is 11.5 Å². The lowest BCUT2D eigenvalue weighted by atomic mass is 10.1. The van der Waals surface area contributed by atoms with Crippen LogP contribution >= 0.6 is 0 Å². The first kappa shape index (κ1) is 17.0. The summed E-state index contributed by atoms with van der Waals surface area (Å²) in [7, 11) is 0. The van der Waals surface area contributed by atoms with Gasteiger partial charge in [-0.2, -0.15) is 0 Å². The molecule has 0 saturated carbocycles. The molecule has 138 valence electrons. The largest absolute Gasteiger partial charge is 0.454 e. The topological polar surface area (TPSA) is 67.9 Å². The summed E-state index contributed by atoms with van der Waals surface area (Å²) < 4.78 is 38.0. The lowest BCUT2D eigenvalue weighted by Crippen LogP contribution is -2.31. The standard InChI is InChI=1S/C19H14F2N2O4/c1-10-13(20)5-12(6-14(10)21)22-15-7-17(24)23(19(15)25)8-11-3-2-4-16-18(11)27-9-26-16/h2-7,22H,8-9H2,1H3. The van der Waals surface area contributed by atoms with Crippen molar-refractivity contribution in [1.29, 1.82) is 0 Å². The van der Waals surface area contributed by atoms with E-state index >= 15 is 0 Å². The van der Waals surface area contributed by atoms with Crippen LogP contribution in [0.3, 0.4) is 0 Å². The monoisotopic (exact) mass is 372 g/mol. The van der Waals surface area contributed by atoms with E-state index in [0.29, 0.717) is 17.1 Å². The van der Waals surface area contributed by atoms with Crippen molar-refractivity contribution in [2.45, 2.75) is 13.5 Å². The molecule has 0 bridgehead atoms. The molecule has 0 atom stereocenters. The molecule has 6 nitrogen and oxygen atoms in total. The number of hydrogen-bond acceptors (Lipinski definition) is 5. The highest BCUT2D eigenvalue weighted by atomic mass is 19.1. The minimum absolute atomic E-state index is 0.0114. The molecule has 4 rings (SSSR count). The van der Waals surface area contributed by atoms with Gasteiger partial charge in [-0.3, -0.25) is 14.5 Å². The fourth-order valence-electron chi connectivity index (χ4n) is 2.91. The first-order valence-corrected chi connectivity index (χ1v) is 8.11. The van der Waals surface area contributed by atoms with E-state index in [0.717, 1.165) is 23.1 Å². The summed E-state index contributed by atoms with van der Waals surface area (Å²) in [6.07, 6.45) is 1.10. The van der Waals surface area contributed by atoms with Gasteiger partial charge in [-0.1, -0.05) is 12.1 Å². The maximum Gasteiger partial charge on any atom is 0.277 e. The average Bonchev–Trinajstić information content (AvgIpc) is 3.21. The van der Waals surface area contributed by atoms with Crippen molar-refractivity contribution in [3.63, 3.8) is 0 Å². The molecule has 0 aromatic heterocycles. The van der Waals surface area contributed by atoms with Gasteiger partial charge in [-0.05, 0) is 25.1 Å². The normalized spacial score (nSPS) is 15.4. The Balaban J connectivity index is 1.54. The number of rotatable bonds is 4. The number of nitrogens with one attached hydrogen (secondary N) is 1. The number of hydrogen-bond donors (Lipinski definition) is 1. The molecule has 2 aliphatic rings. The van der Waals surface area contributed by atoms with Gasteiger partial charge in [0, 0.05) is 22.9 Å². The van der Waals surface area contributed by atoms with Gasteiger partial charge in [0.2, 0.25) is 6.79 Å². The molecule has 2 aromatic carbocycles. The van der Waals surface area contributed by atoms with Gasteiger partial charge in [0.05, 0.1) is 6.54 Å². The Bertz CT molecular complexity index is 980. The molecule has 27 heavy (non-hydrogen) atoms. The predicted molar refractivity (Wildman–Crippen MR) is 90.9 cm³/mol. The van der Waals surface area contributed by atoms with E-state index in [1.807, 2.05) is 0 Å². The van der Waals surface area contributed by atoms with E-state index < -0.39 is 23.4 Å². The Labute approximate surface area is 153 Å². The number of amides is 2. The number of anilines is 1. The molecule has 0 saturated heterocycles. The number of fused-ring (bicyclic) bond motifs is 1. The molecule has 0 spiro atoms. The van der Waals surface area contributed by atoms with Gasteiger partial charge in [-0.15, -0.1) is 0 Å². The zero-order valence-electron chi connectivity index (χ0n) is 14.2. The maximum absolute atomic E-state index is 13.7. The second-order valence-electron chi connectivity index (χ2n) is 6.13. The number of carbonyl (C=O) groups excluding carboxylic acids is 2. The fraction of sp³-hybridized carbons (Fsp3) is 0.158. The quantitative estimate of drug-likeness (QED) is 0.836. The third kappa shape index (κ3) is 2.99. The van der Waals surface area contributed by atoms with Crippen LogP contribution < -0.4 is 14.8 Å². The second kappa shape index (κ2) is 6.39. The summed E-state index contributed by atoms with van der Waals surface area (Å²) in [6.45, 7) is 1.37. The summed E-state index contributed by atoms with van der Waals surface area (Å²) >= 11 is 0. The molecular formula is C19H14F2N2O4. The molecular weight excluding hydrogens is 358 g/mol. The molecule has 2 aromatic rings. The van der Waals surface area contributed by atoms with Gasteiger partial charge >= 0.3 is 0 Å². The summed E-state index contributed by atoms with van der Waals surface area (Å²) in [5, 5.41) is 2.61. The third-order valence-corrected chi connectivity index (χ3v) is 4.38. The summed E-state index contributed by atoms with van der Waals surface area (Å²) in [6, 6.07) is 7.32. The van der Waals surface area contributed by atoms with Gasteiger partial charge in [0.1, 0.15) is 17.3 Å². The average molecular weight is 372 g/mol. The SMILES string of the molecule is Cc1c(F)cc(NC2=CC(=O)N(Cc3cccc4c3OCO4)C2=O)cc1F. The molecule has 8 heteroatoms. The van der Waals surface area contributed by atoms with Crippen LogP contribution in [-0.4, -0.2) is 23.5 Å². The van der Waals surface area contributed by atoms with Crippen LogP contribution in [0.25, 0.3) is 0 Å². The van der Waals surface area contributed by atoms with Crippen molar-refractivity contribution in [1.82, 2.24) is 4.90 Å².